The Morgan fingerprint density at radius 1 is 0.900 bits per heavy atom. The zero-order valence-corrected chi connectivity index (χ0v) is 12.1. The van der Waals surface area contributed by atoms with E-state index in [1.165, 1.54) is 11.1 Å². The molecular formula is C18H23NO. The quantitative estimate of drug-likeness (QED) is 0.736. The highest BCUT2D eigenvalue weighted by molar-refractivity contribution is 5.26. The Morgan fingerprint density at radius 3 is 2.35 bits per heavy atom. The lowest BCUT2D eigenvalue weighted by Gasteiger charge is -2.09. The lowest BCUT2D eigenvalue weighted by molar-refractivity contribution is 0.308. The van der Waals surface area contributed by atoms with Gasteiger partial charge < -0.3 is 10.1 Å². The predicted octanol–water partition coefficient (Wildman–Crippen LogP) is 3.81. The number of para-hydroxylation sites is 1. The van der Waals surface area contributed by atoms with Crippen molar-refractivity contribution in [2.24, 2.45) is 0 Å². The summed E-state index contributed by atoms with van der Waals surface area (Å²) >= 11 is 0. The Balaban J connectivity index is 1.62. The molecular weight excluding hydrogens is 246 g/mol. The Kier molecular flexibility index (Phi) is 6.12. The van der Waals surface area contributed by atoms with Crippen molar-refractivity contribution in [3.63, 3.8) is 0 Å². The highest BCUT2D eigenvalue weighted by atomic mass is 16.5. The normalized spacial score (nSPS) is 10.4. The molecule has 0 saturated heterocycles. The third-order valence-corrected chi connectivity index (χ3v) is 3.32. The van der Waals surface area contributed by atoms with E-state index in [-0.39, 0.29) is 0 Å². The lowest BCUT2D eigenvalue weighted by Crippen LogP contribution is -2.17. The van der Waals surface area contributed by atoms with Gasteiger partial charge in [0.05, 0.1) is 6.61 Å². The molecule has 0 heterocycles. The van der Waals surface area contributed by atoms with Crippen molar-refractivity contribution in [1.82, 2.24) is 5.32 Å². The summed E-state index contributed by atoms with van der Waals surface area (Å²) in [4.78, 5) is 0. The molecule has 0 aliphatic heterocycles. The zero-order valence-electron chi connectivity index (χ0n) is 12.1. The largest absolute Gasteiger partial charge is 0.494 e. The van der Waals surface area contributed by atoms with Crippen LogP contribution < -0.4 is 10.1 Å². The van der Waals surface area contributed by atoms with Gasteiger partial charge in [0.2, 0.25) is 0 Å². The maximum absolute atomic E-state index is 5.66. The van der Waals surface area contributed by atoms with Gasteiger partial charge in [0.1, 0.15) is 5.75 Å². The summed E-state index contributed by atoms with van der Waals surface area (Å²) in [6.45, 7) is 4.87. The first kappa shape index (κ1) is 14.6. The van der Waals surface area contributed by atoms with Crippen LogP contribution in [-0.2, 0) is 13.0 Å². The van der Waals surface area contributed by atoms with Gasteiger partial charge in [-0.3, -0.25) is 0 Å². The van der Waals surface area contributed by atoms with Crippen molar-refractivity contribution >= 4 is 0 Å². The number of rotatable bonds is 8. The van der Waals surface area contributed by atoms with Crippen molar-refractivity contribution in [2.75, 3.05) is 13.2 Å². The van der Waals surface area contributed by atoms with Gasteiger partial charge in [0.25, 0.3) is 0 Å². The molecule has 2 aromatic rings. The van der Waals surface area contributed by atoms with Crippen LogP contribution in [0.15, 0.2) is 54.6 Å². The summed E-state index contributed by atoms with van der Waals surface area (Å²) in [5.74, 6) is 0.948. The first-order valence-electron chi connectivity index (χ1n) is 7.35. The van der Waals surface area contributed by atoms with Gasteiger partial charge >= 0.3 is 0 Å². The summed E-state index contributed by atoms with van der Waals surface area (Å²) in [6, 6.07) is 18.6. The van der Waals surface area contributed by atoms with Crippen LogP contribution in [0.5, 0.6) is 5.75 Å². The predicted molar refractivity (Wildman–Crippen MR) is 84.1 cm³/mol. The summed E-state index contributed by atoms with van der Waals surface area (Å²) in [7, 11) is 0. The third kappa shape index (κ3) is 4.71. The Labute approximate surface area is 121 Å². The lowest BCUT2D eigenvalue weighted by atomic mass is 10.1. The van der Waals surface area contributed by atoms with Crippen molar-refractivity contribution in [3.8, 4) is 5.75 Å². The van der Waals surface area contributed by atoms with Gasteiger partial charge in [0, 0.05) is 6.54 Å². The third-order valence-electron chi connectivity index (χ3n) is 3.32. The maximum atomic E-state index is 5.66. The van der Waals surface area contributed by atoms with Gasteiger partial charge in [-0.2, -0.15) is 0 Å². The molecule has 0 aliphatic rings. The molecule has 1 N–H and O–H groups in total. The molecule has 2 nitrogen and oxygen atoms in total. The minimum absolute atomic E-state index is 0.756. The second kappa shape index (κ2) is 8.39. The van der Waals surface area contributed by atoms with E-state index < -0.39 is 0 Å². The Bertz CT molecular complexity index is 496. The molecule has 0 saturated carbocycles. The zero-order chi connectivity index (χ0) is 14.0. The molecule has 0 unspecified atom stereocenters. The van der Waals surface area contributed by atoms with E-state index in [0.717, 1.165) is 38.3 Å². The van der Waals surface area contributed by atoms with Crippen LogP contribution in [0.25, 0.3) is 0 Å². The minimum Gasteiger partial charge on any atom is -0.494 e. The molecule has 2 rings (SSSR count). The van der Waals surface area contributed by atoms with Gasteiger partial charge in [-0.15, -0.1) is 0 Å². The van der Waals surface area contributed by atoms with E-state index >= 15 is 0 Å². The van der Waals surface area contributed by atoms with Crippen LogP contribution in [-0.4, -0.2) is 13.2 Å². The first-order chi connectivity index (χ1) is 9.90. The van der Waals surface area contributed by atoms with Crippen LogP contribution in [0.3, 0.4) is 0 Å². The SMILES string of the molecule is CCc1ccccc1CNCCCOc1ccccc1. The average Bonchev–Trinajstić information content (AvgIpc) is 2.52. The van der Waals surface area contributed by atoms with Gasteiger partial charge in [-0.1, -0.05) is 49.4 Å². The van der Waals surface area contributed by atoms with Crippen LogP contribution in [0.2, 0.25) is 0 Å². The molecule has 0 amide bonds. The molecule has 106 valence electrons. The smallest absolute Gasteiger partial charge is 0.119 e. The van der Waals surface area contributed by atoms with Gasteiger partial charge in [0.15, 0.2) is 0 Å². The summed E-state index contributed by atoms with van der Waals surface area (Å²) in [5.41, 5.74) is 2.83. The van der Waals surface area contributed by atoms with Gasteiger partial charge in [-0.25, -0.2) is 0 Å². The summed E-state index contributed by atoms with van der Waals surface area (Å²) in [5, 5.41) is 3.48. The molecule has 0 fully saturated rings. The van der Waals surface area contributed by atoms with E-state index in [1.54, 1.807) is 0 Å². The minimum atomic E-state index is 0.756. The topological polar surface area (TPSA) is 21.3 Å². The fraction of sp³-hybridized carbons (Fsp3) is 0.333. The maximum Gasteiger partial charge on any atom is 0.119 e. The summed E-state index contributed by atoms with van der Waals surface area (Å²) in [6.07, 6.45) is 2.11. The van der Waals surface area contributed by atoms with Crippen LogP contribution in [0.4, 0.5) is 0 Å². The van der Waals surface area contributed by atoms with E-state index in [9.17, 15) is 0 Å². The molecule has 2 aromatic carbocycles. The standard InChI is InChI=1S/C18H23NO/c1-2-16-9-6-7-10-17(16)15-19-13-8-14-20-18-11-4-3-5-12-18/h3-7,9-12,19H,2,8,13-15H2,1H3. The van der Waals surface area contributed by atoms with E-state index in [2.05, 4.69) is 36.5 Å². The highest BCUT2D eigenvalue weighted by Gasteiger charge is 1.98. The van der Waals surface area contributed by atoms with Crippen LogP contribution in [0, 0.1) is 0 Å². The van der Waals surface area contributed by atoms with E-state index in [1.807, 2.05) is 30.3 Å². The monoisotopic (exact) mass is 269 g/mol. The number of nitrogens with one attached hydrogen (secondary N) is 1. The Hall–Kier alpha value is -1.80. The molecule has 0 aromatic heterocycles. The van der Waals surface area contributed by atoms with Crippen molar-refractivity contribution in [3.05, 3.63) is 65.7 Å². The number of aryl methyl sites for hydroxylation is 1. The fourth-order valence-corrected chi connectivity index (χ4v) is 2.20. The van der Waals surface area contributed by atoms with E-state index in [0.29, 0.717) is 0 Å². The second-order valence-electron chi connectivity index (χ2n) is 4.81. The van der Waals surface area contributed by atoms with E-state index in [4.69, 9.17) is 4.74 Å². The molecule has 0 aliphatic carbocycles. The van der Waals surface area contributed by atoms with Crippen molar-refractivity contribution in [1.29, 1.82) is 0 Å². The van der Waals surface area contributed by atoms with Crippen molar-refractivity contribution in [2.45, 2.75) is 26.3 Å². The average molecular weight is 269 g/mol. The highest BCUT2D eigenvalue weighted by Crippen LogP contribution is 2.09. The molecule has 0 bridgehead atoms. The van der Waals surface area contributed by atoms with Gasteiger partial charge in [-0.05, 0) is 42.6 Å². The van der Waals surface area contributed by atoms with Crippen LogP contribution >= 0.6 is 0 Å². The molecule has 2 heteroatoms. The number of benzene rings is 2. The molecule has 0 radical (unpaired) electrons. The number of ether oxygens (including phenoxy) is 1. The number of hydrogen-bond donors (Lipinski definition) is 1. The number of hydrogen-bond acceptors (Lipinski definition) is 2. The summed E-state index contributed by atoms with van der Waals surface area (Å²) < 4.78 is 5.66. The molecule has 0 atom stereocenters. The second-order valence-corrected chi connectivity index (χ2v) is 4.81. The molecule has 20 heavy (non-hydrogen) atoms. The van der Waals surface area contributed by atoms with Crippen LogP contribution in [0.1, 0.15) is 24.5 Å². The Morgan fingerprint density at radius 2 is 1.60 bits per heavy atom. The fourth-order valence-electron chi connectivity index (χ4n) is 2.20. The molecule has 0 spiro atoms. The van der Waals surface area contributed by atoms with Crippen molar-refractivity contribution < 1.29 is 4.74 Å². The first-order valence-corrected chi connectivity index (χ1v) is 7.35.